The van der Waals surface area contributed by atoms with E-state index < -0.39 is 36.0 Å². The molecule has 2 fully saturated rings. The van der Waals surface area contributed by atoms with Crippen LogP contribution in [0.2, 0.25) is 0 Å². The summed E-state index contributed by atoms with van der Waals surface area (Å²) >= 11 is 0. The van der Waals surface area contributed by atoms with Crippen molar-refractivity contribution in [3.63, 3.8) is 0 Å². The SMILES string of the molecule is CC1(C)CC(NC(=O)Nc2cc(B3OC(C)(C)C(C)(C)O3)c(F)cc2F)C1. The number of hydrogen-bond acceptors (Lipinski definition) is 3. The number of carbonyl (C=O) groups excluding carboxylic acids is 1. The molecular weight excluding hydrogens is 353 g/mol. The molecule has 0 atom stereocenters. The summed E-state index contributed by atoms with van der Waals surface area (Å²) in [6, 6.07) is 1.52. The highest BCUT2D eigenvalue weighted by molar-refractivity contribution is 6.62. The van der Waals surface area contributed by atoms with Crippen LogP contribution in [0.1, 0.15) is 54.4 Å². The molecule has 0 spiro atoms. The average molecular weight is 380 g/mol. The molecule has 8 heteroatoms. The molecule has 27 heavy (non-hydrogen) atoms. The lowest BCUT2D eigenvalue weighted by Crippen LogP contribution is -2.49. The van der Waals surface area contributed by atoms with E-state index in [9.17, 15) is 13.6 Å². The van der Waals surface area contributed by atoms with Crippen molar-refractivity contribution in [2.75, 3.05) is 5.32 Å². The zero-order valence-electron chi connectivity index (χ0n) is 16.7. The molecule has 0 radical (unpaired) electrons. The molecule has 5 nitrogen and oxygen atoms in total. The Balaban J connectivity index is 1.74. The van der Waals surface area contributed by atoms with Crippen LogP contribution < -0.4 is 16.1 Å². The molecule has 1 aromatic carbocycles. The van der Waals surface area contributed by atoms with Gasteiger partial charge in [-0.2, -0.15) is 0 Å². The number of carbonyl (C=O) groups is 1. The molecule has 1 aliphatic carbocycles. The molecule has 0 unspecified atom stereocenters. The lowest BCUT2D eigenvalue weighted by atomic mass is 9.68. The third-order valence-corrected chi connectivity index (χ3v) is 5.77. The van der Waals surface area contributed by atoms with Gasteiger partial charge < -0.3 is 19.9 Å². The number of urea groups is 1. The first-order valence-corrected chi connectivity index (χ1v) is 9.22. The molecule has 2 N–H and O–H groups in total. The first-order valence-electron chi connectivity index (χ1n) is 9.22. The maximum atomic E-state index is 14.4. The van der Waals surface area contributed by atoms with Crippen LogP contribution in [-0.4, -0.2) is 30.4 Å². The highest BCUT2D eigenvalue weighted by Crippen LogP contribution is 2.40. The fourth-order valence-corrected chi connectivity index (χ4v) is 3.53. The largest absolute Gasteiger partial charge is 0.497 e. The van der Waals surface area contributed by atoms with Crippen LogP contribution in [0.15, 0.2) is 12.1 Å². The number of halogens is 2. The first-order chi connectivity index (χ1) is 12.3. The topological polar surface area (TPSA) is 59.6 Å². The Morgan fingerprint density at radius 2 is 1.59 bits per heavy atom. The van der Waals surface area contributed by atoms with Crippen molar-refractivity contribution in [3.05, 3.63) is 23.8 Å². The van der Waals surface area contributed by atoms with Crippen LogP contribution in [0.5, 0.6) is 0 Å². The predicted molar refractivity (Wildman–Crippen MR) is 101 cm³/mol. The number of hydrogen-bond donors (Lipinski definition) is 2. The predicted octanol–water partition coefficient (Wildman–Crippen LogP) is 3.57. The van der Waals surface area contributed by atoms with E-state index in [1.165, 1.54) is 6.07 Å². The monoisotopic (exact) mass is 380 g/mol. The van der Waals surface area contributed by atoms with Gasteiger partial charge in [0.2, 0.25) is 0 Å². The normalized spacial score (nSPS) is 23.0. The molecule has 1 aromatic rings. The molecule has 148 valence electrons. The zero-order valence-corrected chi connectivity index (χ0v) is 16.7. The minimum Gasteiger partial charge on any atom is -0.399 e. The van der Waals surface area contributed by atoms with E-state index in [0.29, 0.717) is 0 Å². The summed E-state index contributed by atoms with van der Waals surface area (Å²) in [5.74, 6) is -1.63. The van der Waals surface area contributed by atoms with Crippen LogP contribution in [0.25, 0.3) is 0 Å². The van der Waals surface area contributed by atoms with Crippen molar-refractivity contribution in [3.8, 4) is 0 Å². The van der Waals surface area contributed by atoms with E-state index in [1.54, 1.807) is 0 Å². The van der Waals surface area contributed by atoms with Crippen LogP contribution in [0, 0.1) is 17.0 Å². The Morgan fingerprint density at radius 1 is 1.04 bits per heavy atom. The molecule has 2 aliphatic rings. The Hall–Kier alpha value is -1.67. The Labute approximate surface area is 159 Å². The van der Waals surface area contributed by atoms with Crippen molar-refractivity contribution >= 4 is 24.3 Å². The second-order valence-electron chi connectivity index (χ2n) is 9.31. The number of anilines is 1. The van der Waals surface area contributed by atoms with Crippen LogP contribution >= 0.6 is 0 Å². The molecule has 2 amide bonds. The summed E-state index contributed by atoms with van der Waals surface area (Å²) in [6.45, 7) is 11.6. The van der Waals surface area contributed by atoms with Crippen LogP contribution in [0.3, 0.4) is 0 Å². The molecule has 0 aromatic heterocycles. The number of benzene rings is 1. The number of nitrogens with one attached hydrogen (secondary N) is 2. The molecular formula is C19H27BF2N2O3. The maximum absolute atomic E-state index is 14.4. The number of rotatable bonds is 3. The molecule has 1 aliphatic heterocycles. The van der Waals surface area contributed by atoms with Crippen molar-refractivity contribution in [1.82, 2.24) is 5.32 Å². The van der Waals surface area contributed by atoms with E-state index >= 15 is 0 Å². The Kier molecular flexibility index (Phi) is 4.79. The van der Waals surface area contributed by atoms with Gasteiger partial charge in [-0.15, -0.1) is 0 Å². The van der Waals surface area contributed by atoms with Gasteiger partial charge in [-0.05, 0) is 52.0 Å². The fourth-order valence-electron chi connectivity index (χ4n) is 3.53. The minimum atomic E-state index is -0.980. The van der Waals surface area contributed by atoms with Crippen molar-refractivity contribution in [2.24, 2.45) is 5.41 Å². The van der Waals surface area contributed by atoms with Crippen molar-refractivity contribution in [2.45, 2.75) is 71.6 Å². The molecule has 1 saturated carbocycles. The Bertz CT molecular complexity index is 744. The Morgan fingerprint density at radius 3 is 2.11 bits per heavy atom. The quantitative estimate of drug-likeness (QED) is 0.789. The second-order valence-corrected chi connectivity index (χ2v) is 9.31. The molecule has 1 saturated heterocycles. The maximum Gasteiger partial charge on any atom is 0.497 e. The summed E-state index contributed by atoms with van der Waals surface area (Å²) in [5, 5.41) is 5.27. The van der Waals surface area contributed by atoms with E-state index in [0.717, 1.165) is 18.9 Å². The fraction of sp³-hybridized carbons (Fsp3) is 0.632. The van der Waals surface area contributed by atoms with E-state index in [2.05, 4.69) is 24.5 Å². The van der Waals surface area contributed by atoms with E-state index in [-0.39, 0.29) is 22.6 Å². The first kappa shape index (κ1) is 20.1. The van der Waals surface area contributed by atoms with E-state index in [4.69, 9.17) is 9.31 Å². The summed E-state index contributed by atoms with van der Waals surface area (Å²) < 4.78 is 40.2. The van der Waals surface area contributed by atoms with Gasteiger partial charge in [0.25, 0.3) is 0 Å². The summed E-state index contributed by atoms with van der Waals surface area (Å²) in [4.78, 5) is 12.2. The third kappa shape index (κ3) is 3.96. The van der Waals surface area contributed by atoms with Crippen LogP contribution in [-0.2, 0) is 9.31 Å². The zero-order chi connectivity index (χ0) is 20.2. The van der Waals surface area contributed by atoms with Gasteiger partial charge in [-0.1, -0.05) is 13.8 Å². The molecule has 3 rings (SSSR count). The van der Waals surface area contributed by atoms with Gasteiger partial charge in [0.05, 0.1) is 16.9 Å². The van der Waals surface area contributed by atoms with Gasteiger partial charge in [0, 0.05) is 17.6 Å². The smallest absolute Gasteiger partial charge is 0.399 e. The van der Waals surface area contributed by atoms with Gasteiger partial charge >= 0.3 is 13.1 Å². The summed E-state index contributed by atoms with van der Waals surface area (Å²) in [7, 11) is -0.980. The summed E-state index contributed by atoms with van der Waals surface area (Å²) in [5.41, 5.74) is -1.16. The highest BCUT2D eigenvalue weighted by atomic mass is 19.1. The molecule has 0 bridgehead atoms. The lowest BCUT2D eigenvalue weighted by molar-refractivity contribution is 0.00578. The second kappa shape index (κ2) is 6.45. The summed E-state index contributed by atoms with van der Waals surface area (Å²) in [6.07, 6.45) is 1.73. The highest BCUT2D eigenvalue weighted by Gasteiger charge is 2.52. The molecule has 1 heterocycles. The van der Waals surface area contributed by atoms with Crippen LogP contribution in [0.4, 0.5) is 19.3 Å². The standard InChI is InChI=1S/C19H27BF2N2O3/c1-17(2)9-11(10-17)23-16(25)24-15-7-12(13(21)8-14(15)22)20-26-18(3,4)19(5,6)27-20/h7-8,11H,9-10H2,1-6H3,(H2,23,24,25). The number of amides is 2. The lowest BCUT2D eigenvalue weighted by Gasteiger charge is -2.42. The van der Waals surface area contributed by atoms with Crippen molar-refractivity contribution in [1.29, 1.82) is 0 Å². The van der Waals surface area contributed by atoms with Gasteiger partial charge in [0.1, 0.15) is 11.6 Å². The van der Waals surface area contributed by atoms with Crippen molar-refractivity contribution < 1.29 is 22.9 Å². The average Bonchev–Trinajstić information content (AvgIpc) is 2.68. The minimum absolute atomic E-state index is 0.0510. The van der Waals surface area contributed by atoms with Gasteiger partial charge in [-0.25, -0.2) is 13.6 Å². The van der Waals surface area contributed by atoms with E-state index in [1.807, 2.05) is 27.7 Å². The van der Waals surface area contributed by atoms with Gasteiger partial charge in [0.15, 0.2) is 0 Å². The van der Waals surface area contributed by atoms with Gasteiger partial charge in [-0.3, -0.25) is 0 Å². The third-order valence-electron chi connectivity index (χ3n) is 5.77.